The third-order valence-electron chi connectivity index (χ3n) is 3.85. The summed E-state index contributed by atoms with van der Waals surface area (Å²) in [5.74, 6) is 0.911. The molecule has 2 aliphatic rings. The summed E-state index contributed by atoms with van der Waals surface area (Å²) < 4.78 is 5.73. The van der Waals surface area contributed by atoms with Gasteiger partial charge in [-0.2, -0.15) is 0 Å². The number of H-pyrrole nitrogens is 2. The van der Waals surface area contributed by atoms with E-state index in [4.69, 9.17) is 4.74 Å². The number of hydrogen-bond acceptors (Lipinski definition) is 3. The SMILES string of the molecule is O=c1[nH]c2c(c(=O)[nH]1)CC(C1CCCCC1)O2. The Morgan fingerprint density at radius 1 is 1.06 bits per heavy atom. The van der Waals surface area contributed by atoms with Gasteiger partial charge in [-0.15, -0.1) is 0 Å². The summed E-state index contributed by atoms with van der Waals surface area (Å²) in [4.78, 5) is 27.6. The maximum Gasteiger partial charge on any atom is 0.328 e. The van der Waals surface area contributed by atoms with Crippen LogP contribution in [-0.4, -0.2) is 16.1 Å². The van der Waals surface area contributed by atoms with Crippen molar-refractivity contribution in [3.05, 3.63) is 26.4 Å². The highest BCUT2D eigenvalue weighted by molar-refractivity contribution is 5.28. The van der Waals surface area contributed by atoms with Gasteiger partial charge in [0.05, 0.1) is 5.56 Å². The molecular formula is C12H16N2O3. The Balaban J connectivity index is 1.85. The second kappa shape index (κ2) is 4.05. The Hall–Kier alpha value is -1.52. The van der Waals surface area contributed by atoms with Gasteiger partial charge in [0, 0.05) is 6.42 Å². The third kappa shape index (κ3) is 1.90. The smallest absolute Gasteiger partial charge is 0.328 e. The van der Waals surface area contributed by atoms with Crippen molar-refractivity contribution >= 4 is 0 Å². The zero-order chi connectivity index (χ0) is 11.8. The molecule has 0 radical (unpaired) electrons. The highest BCUT2D eigenvalue weighted by atomic mass is 16.5. The second-order valence-electron chi connectivity index (χ2n) is 4.97. The van der Waals surface area contributed by atoms with Crippen molar-refractivity contribution in [1.82, 2.24) is 9.97 Å². The normalized spacial score (nSPS) is 24.4. The van der Waals surface area contributed by atoms with Crippen LogP contribution in [0.3, 0.4) is 0 Å². The standard InChI is InChI=1S/C12H16N2O3/c15-10-8-6-9(7-4-2-1-3-5-7)17-11(8)14-12(16)13-10/h7,9H,1-6H2,(H2,13,14,15,16). The van der Waals surface area contributed by atoms with Gasteiger partial charge in [0.2, 0.25) is 5.88 Å². The lowest BCUT2D eigenvalue weighted by Gasteiger charge is -2.26. The van der Waals surface area contributed by atoms with Crippen LogP contribution >= 0.6 is 0 Å². The molecule has 1 unspecified atom stereocenters. The molecule has 5 nitrogen and oxygen atoms in total. The number of hydrogen-bond donors (Lipinski definition) is 2. The first-order chi connectivity index (χ1) is 8.24. The van der Waals surface area contributed by atoms with Gasteiger partial charge in [-0.25, -0.2) is 4.79 Å². The predicted molar refractivity (Wildman–Crippen MR) is 62.4 cm³/mol. The van der Waals surface area contributed by atoms with Crippen LogP contribution in [0.15, 0.2) is 9.59 Å². The van der Waals surface area contributed by atoms with E-state index < -0.39 is 5.69 Å². The number of aromatic nitrogens is 2. The van der Waals surface area contributed by atoms with Gasteiger partial charge in [0.25, 0.3) is 5.56 Å². The number of rotatable bonds is 1. The van der Waals surface area contributed by atoms with E-state index in [-0.39, 0.29) is 11.7 Å². The van der Waals surface area contributed by atoms with E-state index in [0.29, 0.717) is 23.8 Å². The topological polar surface area (TPSA) is 75.0 Å². The minimum atomic E-state index is -0.488. The summed E-state index contributed by atoms with van der Waals surface area (Å²) in [5, 5.41) is 0. The van der Waals surface area contributed by atoms with Crippen LogP contribution < -0.4 is 16.0 Å². The molecule has 1 atom stereocenters. The fraction of sp³-hybridized carbons (Fsp3) is 0.667. The molecule has 0 aromatic carbocycles. The molecule has 2 N–H and O–H groups in total. The van der Waals surface area contributed by atoms with E-state index in [1.807, 2.05) is 0 Å². The van der Waals surface area contributed by atoms with Crippen molar-refractivity contribution in [3.8, 4) is 5.88 Å². The Labute approximate surface area is 98.2 Å². The summed E-state index contributed by atoms with van der Waals surface area (Å²) in [7, 11) is 0. The maximum absolute atomic E-state index is 11.6. The number of fused-ring (bicyclic) bond motifs is 1. The quantitative estimate of drug-likeness (QED) is 0.762. The fourth-order valence-corrected chi connectivity index (χ4v) is 2.94. The van der Waals surface area contributed by atoms with Crippen LogP contribution in [0.2, 0.25) is 0 Å². The van der Waals surface area contributed by atoms with Gasteiger partial charge in [-0.1, -0.05) is 19.3 Å². The molecule has 1 fully saturated rings. The summed E-state index contributed by atoms with van der Waals surface area (Å²) in [6.07, 6.45) is 6.83. The number of aromatic amines is 2. The lowest BCUT2D eigenvalue weighted by atomic mass is 9.84. The molecule has 0 bridgehead atoms. The summed E-state index contributed by atoms with van der Waals surface area (Å²) in [6.45, 7) is 0. The highest BCUT2D eigenvalue weighted by Crippen LogP contribution is 2.34. The van der Waals surface area contributed by atoms with E-state index >= 15 is 0 Å². The van der Waals surface area contributed by atoms with Crippen LogP contribution in [0.5, 0.6) is 5.88 Å². The largest absolute Gasteiger partial charge is 0.475 e. The molecule has 0 saturated heterocycles. The van der Waals surface area contributed by atoms with Gasteiger partial charge >= 0.3 is 5.69 Å². The van der Waals surface area contributed by atoms with Crippen molar-refractivity contribution in [2.45, 2.75) is 44.6 Å². The van der Waals surface area contributed by atoms with Crippen LogP contribution in [0.25, 0.3) is 0 Å². The lowest BCUT2D eigenvalue weighted by Crippen LogP contribution is -2.27. The Morgan fingerprint density at radius 2 is 1.82 bits per heavy atom. The predicted octanol–water partition coefficient (Wildman–Crippen LogP) is 0.947. The average molecular weight is 236 g/mol. The van der Waals surface area contributed by atoms with Crippen molar-refractivity contribution in [2.24, 2.45) is 5.92 Å². The minimum Gasteiger partial charge on any atom is -0.475 e. The van der Waals surface area contributed by atoms with Crippen molar-refractivity contribution in [1.29, 1.82) is 0 Å². The third-order valence-corrected chi connectivity index (χ3v) is 3.85. The monoisotopic (exact) mass is 236 g/mol. The molecule has 1 saturated carbocycles. The van der Waals surface area contributed by atoms with E-state index in [2.05, 4.69) is 9.97 Å². The van der Waals surface area contributed by atoms with Crippen molar-refractivity contribution in [2.75, 3.05) is 0 Å². The summed E-state index contributed by atoms with van der Waals surface area (Å²) >= 11 is 0. The van der Waals surface area contributed by atoms with E-state index in [9.17, 15) is 9.59 Å². The van der Waals surface area contributed by atoms with E-state index in [0.717, 1.165) is 0 Å². The second-order valence-corrected chi connectivity index (χ2v) is 4.97. The molecule has 1 aromatic heterocycles. The van der Waals surface area contributed by atoms with Gasteiger partial charge in [0.1, 0.15) is 6.10 Å². The first-order valence-corrected chi connectivity index (χ1v) is 6.26. The molecule has 0 spiro atoms. The lowest BCUT2D eigenvalue weighted by molar-refractivity contribution is 0.124. The fourth-order valence-electron chi connectivity index (χ4n) is 2.94. The van der Waals surface area contributed by atoms with Gasteiger partial charge in [-0.3, -0.25) is 14.8 Å². The first-order valence-electron chi connectivity index (χ1n) is 6.26. The average Bonchev–Trinajstić information content (AvgIpc) is 2.74. The molecule has 1 aromatic rings. The van der Waals surface area contributed by atoms with Crippen LogP contribution in [0.1, 0.15) is 37.7 Å². The van der Waals surface area contributed by atoms with Crippen molar-refractivity contribution in [3.63, 3.8) is 0 Å². The highest BCUT2D eigenvalue weighted by Gasteiger charge is 2.33. The number of nitrogens with one attached hydrogen (secondary N) is 2. The molecule has 5 heteroatoms. The maximum atomic E-state index is 11.6. The summed E-state index contributed by atoms with van der Waals surface area (Å²) in [6, 6.07) is 0. The molecule has 1 aliphatic carbocycles. The molecule has 3 rings (SSSR count). The van der Waals surface area contributed by atoms with Crippen LogP contribution in [0, 0.1) is 5.92 Å². The van der Waals surface area contributed by atoms with Gasteiger partial charge in [-0.05, 0) is 18.8 Å². The van der Waals surface area contributed by atoms with Crippen LogP contribution in [-0.2, 0) is 6.42 Å². The Morgan fingerprint density at radius 3 is 2.59 bits per heavy atom. The Kier molecular flexibility index (Phi) is 2.53. The van der Waals surface area contributed by atoms with Gasteiger partial charge in [0.15, 0.2) is 0 Å². The summed E-state index contributed by atoms with van der Waals surface area (Å²) in [5.41, 5.74) is -0.194. The van der Waals surface area contributed by atoms with E-state index in [1.54, 1.807) is 0 Å². The Bertz CT molecular complexity index is 525. The minimum absolute atomic E-state index is 0.0736. The first kappa shape index (κ1) is 10.6. The van der Waals surface area contributed by atoms with Crippen molar-refractivity contribution < 1.29 is 4.74 Å². The van der Waals surface area contributed by atoms with Gasteiger partial charge < -0.3 is 4.74 Å². The molecule has 0 amide bonds. The molecule has 1 aliphatic heterocycles. The van der Waals surface area contributed by atoms with Crippen LogP contribution in [0.4, 0.5) is 0 Å². The molecular weight excluding hydrogens is 220 g/mol. The zero-order valence-corrected chi connectivity index (χ0v) is 9.62. The van der Waals surface area contributed by atoms with E-state index in [1.165, 1.54) is 32.1 Å². The zero-order valence-electron chi connectivity index (χ0n) is 9.62. The molecule has 2 heterocycles. The molecule has 17 heavy (non-hydrogen) atoms. The molecule has 92 valence electrons. The number of ether oxygens (including phenoxy) is 1.